The molecule has 30 heavy (non-hydrogen) atoms. The van der Waals surface area contributed by atoms with Crippen molar-refractivity contribution in [2.24, 2.45) is 5.10 Å². The lowest BCUT2D eigenvalue weighted by molar-refractivity contribution is -0.130. The summed E-state index contributed by atoms with van der Waals surface area (Å²) in [5.41, 5.74) is 0. The van der Waals surface area contributed by atoms with Crippen LogP contribution < -0.4 is 10.6 Å². The average molecular weight is 472 g/mol. The fourth-order valence-electron chi connectivity index (χ4n) is 2.30. The molecule has 0 radical (unpaired) electrons. The number of rotatable bonds is 5. The molecular formula is C16H18ClN7O4S2. The second-order valence-electron chi connectivity index (χ2n) is 6.16. The lowest BCUT2D eigenvalue weighted by atomic mass is 10.2. The quantitative estimate of drug-likeness (QED) is 0.689. The minimum atomic E-state index is -0.645. The van der Waals surface area contributed by atoms with E-state index in [0.29, 0.717) is 21.8 Å². The van der Waals surface area contributed by atoms with Crippen LogP contribution in [0.1, 0.15) is 23.5 Å². The van der Waals surface area contributed by atoms with Crippen molar-refractivity contribution in [3.8, 4) is 0 Å². The van der Waals surface area contributed by atoms with Crippen molar-refractivity contribution in [1.82, 2.24) is 24.6 Å². The highest BCUT2D eigenvalue weighted by molar-refractivity contribution is 7.16. The number of ether oxygens (including phenoxy) is 1. The van der Waals surface area contributed by atoms with Crippen LogP contribution in [0.25, 0.3) is 0 Å². The number of carbonyl (C=O) groups excluding carboxylic acids is 3. The number of hydrogen-bond acceptors (Lipinski definition) is 9. The lowest BCUT2D eigenvalue weighted by Crippen LogP contribution is -2.34. The van der Waals surface area contributed by atoms with Crippen LogP contribution in [0.2, 0.25) is 4.34 Å². The van der Waals surface area contributed by atoms with E-state index in [4.69, 9.17) is 16.3 Å². The Morgan fingerprint density at radius 2 is 2.17 bits per heavy atom. The molecule has 0 saturated carbocycles. The second-order valence-corrected chi connectivity index (χ2v) is 8.72. The zero-order valence-electron chi connectivity index (χ0n) is 16.0. The van der Waals surface area contributed by atoms with Crippen molar-refractivity contribution >= 4 is 63.5 Å². The van der Waals surface area contributed by atoms with Crippen LogP contribution >= 0.6 is 34.5 Å². The van der Waals surface area contributed by atoms with E-state index in [0.717, 1.165) is 21.4 Å². The molecule has 2 N–H and O–H groups in total. The van der Waals surface area contributed by atoms with Gasteiger partial charge < -0.3 is 15.0 Å². The Bertz CT molecular complexity index is 976. The van der Waals surface area contributed by atoms with E-state index in [-0.39, 0.29) is 31.2 Å². The number of nitrogens with one attached hydrogen (secondary N) is 2. The maximum absolute atomic E-state index is 12.2. The van der Waals surface area contributed by atoms with Crippen molar-refractivity contribution in [1.29, 1.82) is 0 Å². The molecule has 2 aromatic heterocycles. The third kappa shape index (κ3) is 6.11. The first-order chi connectivity index (χ1) is 14.3. The van der Waals surface area contributed by atoms with Crippen LogP contribution in [0.4, 0.5) is 14.7 Å². The molecule has 0 aromatic carbocycles. The molecule has 0 bridgehead atoms. The Morgan fingerprint density at radius 3 is 2.87 bits per heavy atom. The SMILES string of the molecule is CN(Cc1nsc(NC(=O)NCc2ccc(Cl)s2)n1)C(=O)OC1=NN(C)C(=O)CC1. The summed E-state index contributed by atoms with van der Waals surface area (Å²) in [7, 11) is 3.02. The first-order valence-corrected chi connectivity index (χ1v) is 10.7. The van der Waals surface area contributed by atoms with E-state index >= 15 is 0 Å². The Balaban J connectivity index is 1.46. The number of carbonyl (C=O) groups is 3. The number of hydrazone groups is 1. The normalized spacial score (nSPS) is 13.6. The Hall–Kier alpha value is -2.77. The molecule has 160 valence electrons. The van der Waals surface area contributed by atoms with Crippen LogP contribution in [0, 0.1) is 0 Å². The van der Waals surface area contributed by atoms with Gasteiger partial charge in [-0.1, -0.05) is 11.6 Å². The molecule has 0 aliphatic carbocycles. The fourth-order valence-corrected chi connectivity index (χ4v) is 3.90. The zero-order chi connectivity index (χ0) is 21.7. The topological polar surface area (TPSA) is 129 Å². The third-order valence-corrected chi connectivity index (χ3v) is 5.71. The molecule has 4 amide bonds. The van der Waals surface area contributed by atoms with E-state index < -0.39 is 12.1 Å². The van der Waals surface area contributed by atoms with Crippen LogP contribution in [0.5, 0.6) is 0 Å². The van der Waals surface area contributed by atoms with Crippen molar-refractivity contribution in [2.45, 2.75) is 25.9 Å². The van der Waals surface area contributed by atoms with E-state index in [2.05, 4.69) is 25.1 Å². The Labute approximate surface area is 184 Å². The van der Waals surface area contributed by atoms with Gasteiger partial charge in [0.2, 0.25) is 16.9 Å². The standard InChI is InChI=1S/C16H18ClN7O4S2/c1-23(16(27)28-12-5-6-13(25)24(2)21-12)8-11-19-15(30-22-11)20-14(26)18-7-9-3-4-10(17)29-9/h3-4H,5-8H2,1-2H3,(H2,18,19,20,22,26). The van der Waals surface area contributed by atoms with E-state index in [9.17, 15) is 14.4 Å². The zero-order valence-corrected chi connectivity index (χ0v) is 18.4. The number of amides is 4. The summed E-state index contributed by atoms with van der Waals surface area (Å²) >= 11 is 8.23. The monoisotopic (exact) mass is 471 g/mol. The van der Waals surface area contributed by atoms with Crippen LogP contribution in [-0.2, 0) is 22.6 Å². The minimum Gasteiger partial charge on any atom is -0.394 e. The predicted molar refractivity (Wildman–Crippen MR) is 112 cm³/mol. The van der Waals surface area contributed by atoms with Gasteiger partial charge in [-0.15, -0.1) is 16.4 Å². The number of halogens is 1. The first-order valence-electron chi connectivity index (χ1n) is 8.69. The molecule has 1 aliphatic heterocycles. The largest absolute Gasteiger partial charge is 0.416 e. The van der Waals surface area contributed by atoms with Gasteiger partial charge in [0, 0.05) is 43.3 Å². The van der Waals surface area contributed by atoms with Crippen molar-refractivity contribution in [2.75, 3.05) is 19.4 Å². The predicted octanol–water partition coefficient (Wildman–Crippen LogP) is 2.71. The number of hydrogen-bond donors (Lipinski definition) is 2. The lowest BCUT2D eigenvalue weighted by Gasteiger charge is -2.20. The van der Waals surface area contributed by atoms with Gasteiger partial charge in [-0.2, -0.15) is 4.37 Å². The highest BCUT2D eigenvalue weighted by atomic mass is 35.5. The summed E-state index contributed by atoms with van der Waals surface area (Å²) in [4.78, 5) is 41.9. The molecule has 14 heteroatoms. The molecule has 0 saturated heterocycles. The molecule has 0 unspecified atom stereocenters. The summed E-state index contributed by atoms with van der Waals surface area (Å²) in [6.45, 7) is 0.419. The van der Waals surface area contributed by atoms with Crippen molar-refractivity contribution in [3.63, 3.8) is 0 Å². The number of urea groups is 1. The molecule has 3 heterocycles. The van der Waals surface area contributed by atoms with Gasteiger partial charge in [-0.05, 0) is 12.1 Å². The molecule has 1 aliphatic rings. The number of nitrogens with zero attached hydrogens (tertiary/aromatic N) is 5. The summed E-state index contributed by atoms with van der Waals surface area (Å²) in [6.07, 6.45) is -0.150. The molecular weight excluding hydrogens is 454 g/mol. The summed E-state index contributed by atoms with van der Waals surface area (Å²) in [5, 5.41) is 10.6. The van der Waals surface area contributed by atoms with Gasteiger partial charge in [-0.25, -0.2) is 19.6 Å². The molecule has 0 spiro atoms. The fraction of sp³-hybridized carbons (Fsp3) is 0.375. The Kier molecular flexibility index (Phi) is 7.18. The summed E-state index contributed by atoms with van der Waals surface area (Å²) in [5.74, 6) is 0.377. The second kappa shape index (κ2) is 9.82. The maximum Gasteiger partial charge on any atom is 0.416 e. The van der Waals surface area contributed by atoms with Gasteiger partial charge >= 0.3 is 12.1 Å². The van der Waals surface area contributed by atoms with Gasteiger partial charge in [0.25, 0.3) is 0 Å². The van der Waals surface area contributed by atoms with E-state index in [1.54, 1.807) is 6.07 Å². The smallest absolute Gasteiger partial charge is 0.394 e. The molecule has 0 atom stereocenters. The van der Waals surface area contributed by atoms with Crippen LogP contribution in [-0.4, -0.2) is 57.3 Å². The van der Waals surface area contributed by atoms with Gasteiger partial charge in [0.05, 0.1) is 17.4 Å². The van der Waals surface area contributed by atoms with E-state index in [1.807, 2.05) is 6.07 Å². The average Bonchev–Trinajstić information content (AvgIpc) is 3.31. The van der Waals surface area contributed by atoms with Crippen molar-refractivity contribution < 1.29 is 19.1 Å². The highest BCUT2D eigenvalue weighted by Crippen LogP contribution is 2.21. The first kappa shape index (κ1) is 21.9. The van der Waals surface area contributed by atoms with Crippen molar-refractivity contribution in [3.05, 3.63) is 27.2 Å². The van der Waals surface area contributed by atoms with E-state index in [1.165, 1.54) is 30.3 Å². The van der Waals surface area contributed by atoms with Gasteiger partial charge in [-0.3, -0.25) is 10.1 Å². The van der Waals surface area contributed by atoms with Gasteiger partial charge in [0.1, 0.15) is 0 Å². The highest BCUT2D eigenvalue weighted by Gasteiger charge is 2.22. The van der Waals surface area contributed by atoms with Gasteiger partial charge in [0.15, 0.2) is 5.82 Å². The molecule has 0 fully saturated rings. The minimum absolute atomic E-state index is 0.0778. The summed E-state index contributed by atoms with van der Waals surface area (Å²) in [6, 6.07) is 3.17. The maximum atomic E-state index is 12.2. The summed E-state index contributed by atoms with van der Waals surface area (Å²) < 4.78 is 9.97. The number of thiophene rings is 1. The number of anilines is 1. The molecule has 11 nitrogen and oxygen atoms in total. The Morgan fingerprint density at radius 1 is 1.37 bits per heavy atom. The number of aromatic nitrogens is 2. The molecule has 3 rings (SSSR count). The van der Waals surface area contributed by atoms with Crippen LogP contribution in [0.15, 0.2) is 17.2 Å². The third-order valence-electron chi connectivity index (χ3n) is 3.81. The van der Waals surface area contributed by atoms with Crippen LogP contribution in [0.3, 0.4) is 0 Å². The molecule has 2 aromatic rings.